The topological polar surface area (TPSA) is 55.3 Å². The van der Waals surface area contributed by atoms with Crippen molar-refractivity contribution in [2.24, 2.45) is 5.73 Å². The van der Waals surface area contributed by atoms with Crippen molar-refractivity contribution in [1.82, 2.24) is 9.88 Å². The second-order valence-electron chi connectivity index (χ2n) is 5.47. The molecule has 0 aromatic carbocycles. The van der Waals surface area contributed by atoms with Crippen molar-refractivity contribution >= 4 is 0 Å². The molecule has 2 N–H and O–H groups in total. The van der Waals surface area contributed by atoms with E-state index in [1.807, 2.05) is 25.3 Å². The van der Waals surface area contributed by atoms with Gasteiger partial charge in [0.05, 0.1) is 12.8 Å². The lowest BCUT2D eigenvalue weighted by Gasteiger charge is -2.30. The molecule has 0 saturated heterocycles. The highest BCUT2D eigenvalue weighted by molar-refractivity contribution is 5.19. The van der Waals surface area contributed by atoms with Gasteiger partial charge in [0.2, 0.25) is 0 Å². The molecule has 0 radical (unpaired) electrons. The van der Waals surface area contributed by atoms with E-state index in [1.54, 1.807) is 6.26 Å². The summed E-state index contributed by atoms with van der Waals surface area (Å²) in [6, 6.07) is 8.98. The molecular formula is C16H21N3O. The standard InChI is InChI=1S/C16H21N3O/c1-12-4-5-13(10-18-12)16(9-17)19(14-6-7-14)11-15-3-2-8-20-15/h2-5,8,10,14,16H,6-7,9,11,17H2,1H3. The highest BCUT2D eigenvalue weighted by atomic mass is 16.3. The summed E-state index contributed by atoms with van der Waals surface area (Å²) in [5.74, 6) is 0.996. The van der Waals surface area contributed by atoms with Crippen LogP contribution in [0.15, 0.2) is 41.1 Å². The highest BCUT2D eigenvalue weighted by Gasteiger charge is 2.34. The molecule has 1 saturated carbocycles. The van der Waals surface area contributed by atoms with Gasteiger partial charge in [0.15, 0.2) is 0 Å². The van der Waals surface area contributed by atoms with Crippen LogP contribution in [-0.4, -0.2) is 22.5 Å². The molecule has 4 heteroatoms. The molecule has 0 amide bonds. The van der Waals surface area contributed by atoms with Gasteiger partial charge in [-0.1, -0.05) is 6.07 Å². The molecule has 1 unspecified atom stereocenters. The molecule has 106 valence electrons. The quantitative estimate of drug-likeness (QED) is 0.877. The minimum absolute atomic E-state index is 0.209. The SMILES string of the molecule is Cc1ccc(C(CN)N(Cc2ccco2)C2CC2)cn1. The largest absolute Gasteiger partial charge is 0.468 e. The average Bonchev–Trinajstić information content (AvgIpc) is 3.18. The fraction of sp³-hybridized carbons (Fsp3) is 0.438. The van der Waals surface area contributed by atoms with Crippen LogP contribution in [0.2, 0.25) is 0 Å². The number of rotatable bonds is 6. The van der Waals surface area contributed by atoms with Gasteiger partial charge in [0, 0.05) is 30.5 Å². The predicted octanol–water partition coefficient (Wildman–Crippen LogP) is 2.65. The predicted molar refractivity (Wildman–Crippen MR) is 78.0 cm³/mol. The summed E-state index contributed by atoms with van der Waals surface area (Å²) in [6.07, 6.45) is 6.17. The van der Waals surface area contributed by atoms with Gasteiger partial charge >= 0.3 is 0 Å². The first kappa shape index (κ1) is 13.3. The molecule has 20 heavy (non-hydrogen) atoms. The van der Waals surface area contributed by atoms with Crippen molar-refractivity contribution in [2.75, 3.05) is 6.54 Å². The van der Waals surface area contributed by atoms with E-state index < -0.39 is 0 Å². The number of hydrogen-bond donors (Lipinski definition) is 1. The third-order valence-corrected chi connectivity index (χ3v) is 3.88. The molecule has 0 aliphatic heterocycles. The van der Waals surface area contributed by atoms with Crippen LogP contribution in [0.4, 0.5) is 0 Å². The molecule has 2 aromatic heterocycles. The fourth-order valence-electron chi connectivity index (χ4n) is 2.62. The van der Waals surface area contributed by atoms with Crippen molar-refractivity contribution in [3.05, 3.63) is 53.7 Å². The smallest absolute Gasteiger partial charge is 0.117 e. The van der Waals surface area contributed by atoms with Gasteiger partial charge in [-0.25, -0.2) is 0 Å². The maximum absolute atomic E-state index is 6.04. The number of furan rings is 1. The summed E-state index contributed by atoms with van der Waals surface area (Å²) in [5.41, 5.74) is 8.27. The van der Waals surface area contributed by atoms with Crippen molar-refractivity contribution in [3.63, 3.8) is 0 Å². The lowest BCUT2D eigenvalue weighted by molar-refractivity contribution is 0.167. The number of nitrogens with zero attached hydrogens (tertiary/aromatic N) is 2. The van der Waals surface area contributed by atoms with E-state index in [-0.39, 0.29) is 6.04 Å². The Hall–Kier alpha value is -1.65. The summed E-state index contributed by atoms with van der Waals surface area (Å²) in [6.45, 7) is 3.41. The van der Waals surface area contributed by atoms with Gasteiger partial charge < -0.3 is 10.2 Å². The summed E-state index contributed by atoms with van der Waals surface area (Å²) < 4.78 is 5.49. The molecule has 1 aliphatic rings. The van der Waals surface area contributed by atoms with Gasteiger partial charge in [0.1, 0.15) is 5.76 Å². The summed E-state index contributed by atoms with van der Waals surface area (Å²) >= 11 is 0. The first-order valence-corrected chi connectivity index (χ1v) is 7.18. The van der Waals surface area contributed by atoms with Crippen molar-refractivity contribution in [1.29, 1.82) is 0 Å². The molecule has 2 heterocycles. The summed E-state index contributed by atoms with van der Waals surface area (Å²) in [4.78, 5) is 6.85. The summed E-state index contributed by atoms with van der Waals surface area (Å²) in [5, 5.41) is 0. The van der Waals surface area contributed by atoms with Gasteiger partial charge in [-0.05, 0) is 43.5 Å². The maximum Gasteiger partial charge on any atom is 0.117 e. The van der Waals surface area contributed by atoms with Crippen LogP contribution < -0.4 is 5.73 Å². The molecule has 0 spiro atoms. The number of pyridine rings is 1. The monoisotopic (exact) mass is 271 g/mol. The fourth-order valence-corrected chi connectivity index (χ4v) is 2.62. The Balaban J connectivity index is 1.82. The van der Waals surface area contributed by atoms with Gasteiger partial charge in [-0.2, -0.15) is 0 Å². The zero-order chi connectivity index (χ0) is 13.9. The Morgan fingerprint density at radius 1 is 1.40 bits per heavy atom. The van der Waals surface area contributed by atoms with Crippen LogP contribution in [0, 0.1) is 6.92 Å². The normalized spacial score (nSPS) is 16.6. The van der Waals surface area contributed by atoms with Gasteiger partial charge in [-0.3, -0.25) is 9.88 Å². The van der Waals surface area contributed by atoms with E-state index in [9.17, 15) is 0 Å². The van der Waals surface area contributed by atoms with E-state index in [0.29, 0.717) is 12.6 Å². The molecule has 0 bridgehead atoms. The second kappa shape index (κ2) is 5.77. The third-order valence-electron chi connectivity index (χ3n) is 3.88. The number of aryl methyl sites for hydroxylation is 1. The molecule has 3 rings (SSSR count). The van der Waals surface area contributed by atoms with Crippen LogP contribution in [0.5, 0.6) is 0 Å². The Kier molecular flexibility index (Phi) is 3.85. The minimum Gasteiger partial charge on any atom is -0.468 e. The number of aromatic nitrogens is 1. The Morgan fingerprint density at radius 3 is 2.80 bits per heavy atom. The van der Waals surface area contributed by atoms with Crippen molar-refractivity contribution in [3.8, 4) is 0 Å². The van der Waals surface area contributed by atoms with E-state index in [4.69, 9.17) is 10.2 Å². The molecule has 1 aliphatic carbocycles. The van der Waals surface area contributed by atoms with E-state index in [2.05, 4.69) is 22.0 Å². The summed E-state index contributed by atoms with van der Waals surface area (Å²) in [7, 11) is 0. The Morgan fingerprint density at radius 2 is 2.25 bits per heavy atom. The zero-order valence-electron chi connectivity index (χ0n) is 11.8. The zero-order valence-corrected chi connectivity index (χ0v) is 11.8. The molecular weight excluding hydrogens is 250 g/mol. The van der Waals surface area contributed by atoms with Crippen LogP contribution >= 0.6 is 0 Å². The van der Waals surface area contributed by atoms with Gasteiger partial charge in [-0.15, -0.1) is 0 Å². The van der Waals surface area contributed by atoms with E-state index in [0.717, 1.165) is 18.0 Å². The average molecular weight is 271 g/mol. The van der Waals surface area contributed by atoms with Crippen molar-refractivity contribution in [2.45, 2.75) is 38.4 Å². The third kappa shape index (κ3) is 2.92. The van der Waals surface area contributed by atoms with Crippen molar-refractivity contribution < 1.29 is 4.42 Å². The lowest BCUT2D eigenvalue weighted by atomic mass is 10.1. The van der Waals surface area contributed by atoms with Crippen LogP contribution in [0.25, 0.3) is 0 Å². The van der Waals surface area contributed by atoms with Crippen LogP contribution in [0.1, 0.15) is 35.9 Å². The number of hydrogen-bond acceptors (Lipinski definition) is 4. The number of nitrogens with two attached hydrogens (primary N) is 1. The lowest BCUT2D eigenvalue weighted by Crippen LogP contribution is -2.35. The second-order valence-corrected chi connectivity index (χ2v) is 5.47. The molecule has 4 nitrogen and oxygen atoms in total. The first-order chi connectivity index (χ1) is 9.78. The maximum atomic E-state index is 6.04. The van der Waals surface area contributed by atoms with E-state index >= 15 is 0 Å². The first-order valence-electron chi connectivity index (χ1n) is 7.18. The minimum atomic E-state index is 0.209. The Labute approximate surface area is 119 Å². The molecule has 2 aromatic rings. The highest BCUT2D eigenvalue weighted by Crippen LogP contribution is 2.35. The van der Waals surface area contributed by atoms with Crippen LogP contribution in [-0.2, 0) is 6.54 Å². The Bertz CT molecular complexity index is 531. The van der Waals surface area contributed by atoms with E-state index in [1.165, 1.54) is 18.4 Å². The molecule has 1 fully saturated rings. The van der Waals surface area contributed by atoms with Crippen LogP contribution in [0.3, 0.4) is 0 Å². The molecule has 1 atom stereocenters. The van der Waals surface area contributed by atoms with Gasteiger partial charge in [0.25, 0.3) is 0 Å².